The third-order valence-corrected chi connectivity index (χ3v) is 14.1. The minimum Gasteiger partial charge on any atom is -0.408 e. The van der Waals surface area contributed by atoms with Crippen LogP contribution in [0.4, 0.5) is 57.6 Å². The van der Waals surface area contributed by atoms with Gasteiger partial charge in [-0.3, -0.25) is 30.3 Å². The summed E-state index contributed by atoms with van der Waals surface area (Å²) >= 11 is -0.685. The van der Waals surface area contributed by atoms with Gasteiger partial charge in [-0.2, -0.15) is 39.5 Å². The standard InChI is InChI=1S/C17H18F3N3O2S.C16H16F3N3O2S.C15H14F3N3O2S/c18-17(19,20)26-13-9-7-11(8-10-13)14(24)21-16-23-22-15(25-16)12-5-3-1-2-4-6-12;17-16(18,19)25-12-8-6-10(7-9-12)13(23)20-15-22-21-14(24-15)11-4-2-1-3-5-11;16-15(17,18)24-11-7-5-9(6-8-11)12(22)19-14-21-20-13(23-14)10-3-1-2-4-10/h7-10,12H,1-6H2,(H,21,23,24);6-9,11H,1-5H2,(H,20,22,23);5-8,10H,1-4H2,(H,19,21,22). The first-order chi connectivity index (χ1) is 35.7. The third kappa shape index (κ3) is 18.6. The van der Waals surface area contributed by atoms with Crippen molar-refractivity contribution in [3.05, 3.63) is 107 Å². The van der Waals surface area contributed by atoms with Gasteiger partial charge in [-0.1, -0.05) is 73.1 Å². The lowest BCUT2D eigenvalue weighted by molar-refractivity contribution is -0.0337. The van der Waals surface area contributed by atoms with Crippen molar-refractivity contribution in [2.75, 3.05) is 16.0 Å². The van der Waals surface area contributed by atoms with Crippen LogP contribution in [0.3, 0.4) is 0 Å². The molecule has 0 unspecified atom stereocenters. The van der Waals surface area contributed by atoms with Crippen LogP contribution >= 0.6 is 35.3 Å². The predicted octanol–water partition coefficient (Wildman–Crippen LogP) is 14.9. The molecule has 3 amide bonds. The zero-order chi connectivity index (χ0) is 53.6. The van der Waals surface area contributed by atoms with Crippen LogP contribution in [0.25, 0.3) is 0 Å². The highest BCUT2D eigenvalue weighted by atomic mass is 32.2. The Morgan fingerprint density at radius 3 is 0.840 bits per heavy atom. The van der Waals surface area contributed by atoms with Gasteiger partial charge in [-0.15, -0.1) is 15.3 Å². The largest absolute Gasteiger partial charge is 0.446 e. The summed E-state index contributed by atoms with van der Waals surface area (Å²) in [6.45, 7) is 0. The number of amides is 3. The Morgan fingerprint density at radius 1 is 0.373 bits per heavy atom. The van der Waals surface area contributed by atoms with Gasteiger partial charge in [0.25, 0.3) is 17.7 Å². The average molecular weight is 1110 g/mol. The molecular formula is C48H48F9N9O6S3. The van der Waals surface area contributed by atoms with E-state index in [1.54, 1.807) is 0 Å². The van der Waals surface area contributed by atoms with Gasteiger partial charge in [0, 0.05) is 49.1 Å². The number of rotatable bonds is 12. The van der Waals surface area contributed by atoms with Crippen LogP contribution in [-0.2, 0) is 0 Å². The summed E-state index contributed by atoms with van der Waals surface area (Å²) in [4.78, 5) is 36.4. The molecule has 3 N–H and O–H groups in total. The van der Waals surface area contributed by atoms with Crippen LogP contribution in [-0.4, -0.2) is 64.8 Å². The van der Waals surface area contributed by atoms with E-state index < -0.39 is 34.2 Å². The molecule has 6 aromatic rings. The lowest BCUT2D eigenvalue weighted by Gasteiger charge is -2.17. The second-order valence-electron chi connectivity index (χ2n) is 17.4. The third-order valence-electron chi connectivity index (χ3n) is 11.9. The molecule has 0 saturated heterocycles. The van der Waals surface area contributed by atoms with Gasteiger partial charge in [-0.25, -0.2) is 0 Å². The smallest absolute Gasteiger partial charge is 0.408 e. The molecule has 402 valence electrons. The molecule has 75 heavy (non-hydrogen) atoms. The number of alkyl halides is 9. The first kappa shape index (κ1) is 56.6. The highest BCUT2D eigenvalue weighted by Gasteiger charge is 2.32. The van der Waals surface area contributed by atoms with Crippen molar-refractivity contribution in [1.29, 1.82) is 0 Å². The van der Waals surface area contributed by atoms with E-state index in [4.69, 9.17) is 13.3 Å². The number of anilines is 3. The summed E-state index contributed by atoms with van der Waals surface area (Å²) in [5, 5.41) is 30.8. The maximum Gasteiger partial charge on any atom is 0.446 e. The van der Waals surface area contributed by atoms with Crippen LogP contribution in [0.5, 0.6) is 0 Å². The highest BCUT2D eigenvalue weighted by molar-refractivity contribution is 8.00. The van der Waals surface area contributed by atoms with Crippen molar-refractivity contribution in [3.8, 4) is 0 Å². The maximum absolute atomic E-state index is 12.3. The quantitative estimate of drug-likeness (QED) is 0.0592. The molecule has 3 aromatic heterocycles. The average Bonchev–Trinajstić information content (AvgIpc) is 4.20. The Balaban J connectivity index is 0.000000164. The van der Waals surface area contributed by atoms with Crippen LogP contribution in [0.15, 0.2) is 101 Å². The summed E-state index contributed by atoms with van der Waals surface area (Å²) in [7, 11) is 0. The fraction of sp³-hybridized carbons (Fsp3) is 0.438. The summed E-state index contributed by atoms with van der Waals surface area (Å²) in [6.07, 6.45) is 16.3. The van der Waals surface area contributed by atoms with Crippen molar-refractivity contribution in [2.24, 2.45) is 0 Å². The summed E-state index contributed by atoms with van der Waals surface area (Å²) in [6, 6.07) is 15.4. The monoisotopic (exact) mass is 1110 g/mol. The fourth-order valence-electron chi connectivity index (χ4n) is 8.33. The van der Waals surface area contributed by atoms with Crippen molar-refractivity contribution in [1.82, 2.24) is 30.6 Å². The molecule has 0 bridgehead atoms. The van der Waals surface area contributed by atoms with E-state index >= 15 is 0 Å². The molecule has 0 spiro atoms. The molecule has 15 nitrogen and oxygen atoms in total. The first-order valence-corrected chi connectivity index (χ1v) is 26.2. The fourth-order valence-corrected chi connectivity index (χ4v) is 9.95. The van der Waals surface area contributed by atoms with Gasteiger partial charge in [0.15, 0.2) is 0 Å². The van der Waals surface area contributed by atoms with Crippen LogP contribution < -0.4 is 16.0 Å². The molecule has 3 aliphatic rings. The molecule has 3 aliphatic carbocycles. The molecule has 3 fully saturated rings. The molecule has 0 aliphatic heterocycles. The highest BCUT2D eigenvalue weighted by Crippen LogP contribution is 2.40. The zero-order valence-electron chi connectivity index (χ0n) is 39.5. The molecule has 27 heteroatoms. The second-order valence-corrected chi connectivity index (χ2v) is 20.8. The molecule has 3 aromatic carbocycles. The number of nitrogens with one attached hydrogen (secondary N) is 3. The summed E-state index contributed by atoms with van der Waals surface area (Å²) in [5.41, 5.74) is -12.4. The number of carbonyl (C=O) groups excluding carboxylic acids is 3. The number of halogens is 9. The number of hydrogen-bond donors (Lipinski definition) is 3. The van der Waals surface area contributed by atoms with E-state index in [2.05, 4.69) is 46.5 Å². The number of carbonyl (C=O) groups is 3. The van der Waals surface area contributed by atoms with Crippen molar-refractivity contribution >= 4 is 71.1 Å². The normalized spacial score (nSPS) is 16.0. The second kappa shape index (κ2) is 26.1. The van der Waals surface area contributed by atoms with Crippen LogP contribution in [0.1, 0.15) is 163 Å². The van der Waals surface area contributed by atoms with E-state index in [-0.39, 0.29) is 102 Å². The Bertz CT molecular complexity index is 2770. The maximum atomic E-state index is 12.3. The number of nitrogens with zero attached hydrogens (tertiary/aromatic N) is 6. The Labute approximate surface area is 435 Å². The van der Waals surface area contributed by atoms with E-state index in [0.717, 1.165) is 77.0 Å². The number of thioether (sulfide) groups is 3. The van der Waals surface area contributed by atoms with Gasteiger partial charge in [-0.05, 0) is 147 Å². The summed E-state index contributed by atoms with van der Waals surface area (Å²) in [5.74, 6) is 0.708. The van der Waals surface area contributed by atoms with Gasteiger partial charge < -0.3 is 13.3 Å². The van der Waals surface area contributed by atoms with Crippen molar-refractivity contribution in [3.63, 3.8) is 0 Å². The zero-order valence-corrected chi connectivity index (χ0v) is 42.0. The molecular weight excluding hydrogens is 1070 g/mol. The number of hydrogen-bond acceptors (Lipinski definition) is 15. The van der Waals surface area contributed by atoms with Crippen LogP contribution in [0.2, 0.25) is 0 Å². The van der Waals surface area contributed by atoms with Gasteiger partial charge >= 0.3 is 34.6 Å². The molecule has 0 atom stereocenters. The Hall–Kier alpha value is -6.09. The van der Waals surface area contributed by atoms with Gasteiger partial charge in [0.05, 0.1) is 0 Å². The lowest BCUT2D eigenvalue weighted by atomic mass is 9.89. The minimum absolute atomic E-state index is 0.000633. The molecule has 0 radical (unpaired) electrons. The van der Waals surface area contributed by atoms with Crippen molar-refractivity contribution in [2.45, 2.75) is 145 Å². The van der Waals surface area contributed by atoms with E-state index in [0.29, 0.717) is 17.7 Å². The van der Waals surface area contributed by atoms with Gasteiger partial charge in [0.1, 0.15) is 0 Å². The molecule has 3 heterocycles. The first-order valence-electron chi connectivity index (χ1n) is 23.7. The SMILES string of the molecule is O=C(Nc1nnc(C2CCCC2)o1)c1ccc(SC(F)(F)F)cc1.O=C(Nc1nnc(C2CCCCC2)o1)c1ccc(SC(F)(F)F)cc1.O=C(Nc1nnc(C2CCCCCC2)o1)c1ccc(SC(F)(F)F)cc1. The van der Waals surface area contributed by atoms with E-state index in [1.807, 2.05) is 0 Å². The molecule has 3 saturated carbocycles. The molecule has 9 rings (SSSR count). The Morgan fingerprint density at radius 2 is 0.600 bits per heavy atom. The van der Waals surface area contributed by atoms with E-state index in [1.165, 1.54) is 92.1 Å². The van der Waals surface area contributed by atoms with Gasteiger partial charge in [0.2, 0.25) is 17.7 Å². The number of benzene rings is 3. The minimum atomic E-state index is -4.36. The number of aromatic nitrogens is 6. The summed E-state index contributed by atoms with van der Waals surface area (Å²) < 4.78 is 127. The van der Waals surface area contributed by atoms with E-state index in [9.17, 15) is 53.9 Å². The Kier molecular flexibility index (Phi) is 19.7. The topological polar surface area (TPSA) is 204 Å². The van der Waals surface area contributed by atoms with Crippen molar-refractivity contribution < 1.29 is 67.1 Å². The van der Waals surface area contributed by atoms with Crippen LogP contribution in [0, 0.1) is 0 Å². The lowest BCUT2D eigenvalue weighted by Crippen LogP contribution is -2.12. The predicted molar refractivity (Wildman–Crippen MR) is 259 cm³/mol.